The number of nitrogens with zero attached hydrogens (tertiary/aromatic N) is 1. The lowest BCUT2D eigenvalue weighted by molar-refractivity contribution is -0.250. The highest BCUT2D eigenvalue weighted by Gasteiger charge is 2.44. The van der Waals surface area contributed by atoms with E-state index < -0.39 is 37.3 Å². The minimum Gasteiger partial charge on any atom is -0.394 e. The Kier molecular flexibility index (Phi) is 5.52. The van der Waals surface area contributed by atoms with Crippen molar-refractivity contribution in [2.45, 2.75) is 37.1 Å². The minimum atomic E-state index is -1.45. The molecule has 31 heavy (non-hydrogen) atoms. The Morgan fingerprint density at radius 3 is 2.58 bits per heavy atom. The third-order valence-electron chi connectivity index (χ3n) is 5.87. The molecule has 0 spiro atoms. The molecule has 1 aliphatic rings. The highest BCUT2D eigenvalue weighted by atomic mass is 35.5. The molecule has 2 aromatic heterocycles. The molecule has 1 aliphatic heterocycles. The van der Waals surface area contributed by atoms with E-state index in [0.29, 0.717) is 11.4 Å². The van der Waals surface area contributed by atoms with Crippen LogP contribution >= 0.6 is 22.9 Å². The highest BCUT2D eigenvalue weighted by molar-refractivity contribution is 7.19. The van der Waals surface area contributed by atoms with Gasteiger partial charge in [0.25, 0.3) is 0 Å². The van der Waals surface area contributed by atoms with E-state index >= 15 is 0 Å². The number of ether oxygens (including phenoxy) is 1. The van der Waals surface area contributed by atoms with Crippen LogP contribution < -0.4 is 0 Å². The SMILES string of the molecule is OC[C@H]1O[C@@H](n2cc(Cc3cc4ccccc4s3)c3c(Cl)cccc32)[C@H](O)[C@@H](O)[C@@H]1O. The van der Waals surface area contributed by atoms with Crippen molar-refractivity contribution in [3.63, 3.8) is 0 Å². The summed E-state index contributed by atoms with van der Waals surface area (Å²) in [5.74, 6) is 0. The van der Waals surface area contributed by atoms with Gasteiger partial charge in [-0.3, -0.25) is 0 Å². The van der Waals surface area contributed by atoms with Crippen LogP contribution in [0.25, 0.3) is 21.0 Å². The molecule has 0 aliphatic carbocycles. The van der Waals surface area contributed by atoms with E-state index in [9.17, 15) is 20.4 Å². The molecule has 1 saturated heterocycles. The summed E-state index contributed by atoms with van der Waals surface area (Å²) in [7, 11) is 0. The standard InChI is InChI=1S/C23H22ClNO5S/c24-15-5-3-6-16-19(15)13(9-14-8-12-4-1-2-7-18(12)31-14)10-25(16)23-22(29)21(28)20(27)17(11-26)30-23/h1-8,10,17,20-23,26-29H,9,11H2/t17-,20-,21+,22-,23-/m1/s1. The van der Waals surface area contributed by atoms with Gasteiger partial charge in [-0.05, 0) is 35.2 Å². The normalized spacial score (nSPS) is 26.7. The smallest absolute Gasteiger partial charge is 0.163 e. The number of hydrogen-bond donors (Lipinski definition) is 4. The summed E-state index contributed by atoms with van der Waals surface area (Å²) in [6.07, 6.45) is -3.67. The van der Waals surface area contributed by atoms with Crippen molar-refractivity contribution in [3.8, 4) is 0 Å². The van der Waals surface area contributed by atoms with E-state index in [-0.39, 0.29) is 0 Å². The zero-order chi connectivity index (χ0) is 21.7. The van der Waals surface area contributed by atoms with Gasteiger partial charge in [-0.1, -0.05) is 35.9 Å². The number of thiophene rings is 1. The Morgan fingerprint density at radius 1 is 1.00 bits per heavy atom. The summed E-state index contributed by atoms with van der Waals surface area (Å²) >= 11 is 8.28. The second kappa shape index (κ2) is 8.18. The van der Waals surface area contributed by atoms with Gasteiger partial charge in [0.2, 0.25) is 0 Å². The van der Waals surface area contributed by atoms with Gasteiger partial charge in [0, 0.05) is 27.6 Å². The highest BCUT2D eigenvalue weighted by Crippen LogP contribution is 2.37. The maximum Gasteiger partial charge on any atom is 0.163 e. The van der Waals surface area contributed by atoms with Crippen LogP contribution in [-0.2, 0) is 11.2 Å². The van der Waals surface area contributed by atoms with E-state index in [1.54, 1.807) is 15.9 Å². The van der Waals surface area contributed by atoms with Gasteiger partial charge < -0.3 is 29.7 Å². The molecule has 8 heteroatoms. The van der Waals surface area contributed by atoms with Gasteiger partial charge in [-0.15, -0.1) is 11.3 Å². The van der Waals surface area contributed by atoms with Crippen molar-refractivity contribution in [3.05, 3.63) is 70.2 Å². The van der Waals surface area contributed by atoms with Crippen molar-refractivity contribution in [2.75, 3.05) is 6.61 Å². The summed E-state index contributed by atoms with van der Waals surface area (Å²) in [5, 5.41) is 43.2. The number of halogens is 1. The number of rotatable bonds is 4. The number of fused-ring (bicyclic) bond motifs is 2. The molecule has 2 aromatic carbocycles. The fraction of sp³-hybridized carbons (Fsp3) is 0.304. The quantitative estimate of drug-likeness (QED) is 0.376. The molecule has 5 rings (SSSR count). The van der Waals surface area contributed by atoms with Crippen LogP contribution in [-0.4, -0.2) is 56.0 Å². The van der Waals surface area contributed by atoms with Crippen LogP contribution in [0.4, 0.5) is 0 Å². The Morgan fingerprint density at radius 2 is 1.81 bits per heavy atom. The minimum absolute atomic E-state index is 0.476. The van der Waals surface area contributed by atoms with Gasteiger partial charge in [0.1, 0.15) is 24.4 Å². The summed E-state index contributed by atoms with van der Waals surface area (Å²) in [6.45, 7) is -0.476. The molecule has 4 aromatic rings. The predicted molar refractivity (Wildman–Crippen MR) is 121 cm³/mol. The second-order valence-electron chi connectivity index (χ2n) is 7.84. The number of aromatic nitrogens is 1. The summed E-state index contributed by atoms with van der Waals surface area (Å²) in [6, 6.07) is 15.9. The van der Waals surface area contributed by atoms with Crippen molar-refractivity contribution in [1.82, 2.24) is 4.57 Å². The van der Waals surface area contributed by atoms with Crippen molar-refractivity contribution >= 4 is 43.9 Å². The lowest BCUT2D eigenvalue weighted by Gasteiger charge is -2.40. The predicted octanol–water partition coefficient (Wildman–Crippen LogP) is 3.07. The van der Waals surface area contributed by atoms with Crippen molar-refractivity contribution in [1.29, 1.82) is 0 Å². The molecule has 0 bridgehead atoms. The summed E-state index contributed by atoms with van der Waals surface area (Å²) in [5.41, 5.74) is 1.71. The maximum atomic E-state index is 10.6. The van der Waals surface area contributed by atoms with Crippen LogP contribution in [0.5, 0.6) is 0 Å². The number of aliphatic hydroxyl groups excluding tert-OH is 4. The van der Waals surface area contributed by atoms with E-state index in [2.05, 4.69) is 18.2 Å². The molecule has 162 valence electrons. The first kappa shape index (κ1) is 20.9. The first-order valence-electron chi connectivity index (χ1n) is 10.0. The van der Waals surface area contributed by atoms with Gasteiger partial charge in [0.15, 0.2) is 6.23 Å². The lowest BCUT2D eigenvalue weighted by atomic mass is 9.98. The molecule has 5 atom stereocenters. The first-order valence-corrected chi connectivity index (χ1v) is 11.2. The summed E-state index contributed by atoms with van der Waals surface area (Å²) < 4.78 is 8.73. The third-order valence-corrected chi connectivity index (χ3v) is 7.30. The molecule has 0 radical (unpaired) electrons. The zero-order valence-corrected chi connectivity index (χ0v) is 18.0. The Hall–Kier alpha value is -1.97. The molecule has 3 heterocycles. The molecule has 0 amide bonds. The number of aliphatic hydroxyl groups is 4. The van der Waals surface area contributed by atoms with E-state index in [4.69, 9.17) is 16.3 Å². The Labute approximate surface area is 187 Å². The Balaban J connectivity index is 1.59. The van der Waals surface area contributed by atoms with Crippen LogP contribution in [0.15, 0.2) is 54.7 Å². The average molecular weight is 460 g/mol. The van der Waals surface area contributed by atoms with Gasteiger partial charge in [-0.2, -0.15) is 0 Å². The molecule has 6 nitrogen and oxygen atoms in total. The monoisotopic (exact) mass is 459 g/mol. The van der Waals surface area contributed by atoms with Crippen LogP contribution in [0, 0.1) is 0 Å². The van der Waals surface area contributed by atoms with Crippen LogP contribution in [0.3, 0.4) is 0 Å². The zero-order valence-electron chi connectivity index (χ0n) is 16.4. The van der Waals surface area contributed by atoms with Gasteiger partial charge in [-0.25, -0.2) is 0 Å². The fourth-order valence-electron chi connectivity index (χ4n) is 4.32. The molecule has 1 fully saturated rings. The number of benzene rings is 2. The van der Waals surface area contributed by atoms with E-state index in [1.807, 2.05) is 36.5 Å². The Bertz CT molecular complexity index is 1200. The van der Waals surface area contributed by atoms with E-state index in [0.717, 1.165) is 16.5 Å². The number of hydrogen-bond acceptors (Lipinski definition) is 6. The summed E-state index contributed by atoms with van der Waals surface area (Å²) in [4.78, 5) is 1.17. The average Bonchev–Trinajstić information content (AvgIpc) is 3.34. The van der Waals surface area contributed by atoms with Gasteiger partial charge >= 0.3 is 0 Å². The largest absolute Gasteiger partial charge is 0.394 e. The maximum absolute atomic E-state index is 10.6. The van der Waals surface area contributed by atoms with Crippen LogP contribution in [0.2, 0.25) is 5.02 Å². The van der Waals surface area contributed by atoms with Crippen molar-refractivity contribution < 1.29 is 25.2 Å². The van der Waals surface area contributed by atoms with Crippen LogP contribution in [0.1, 0.15) is 16.7 Å². The molecular formula is C23H22ClNO5S. The van der Waals surface area contributed by atoms with Gasteiger partial charge in [0.05, 0.1) is 17.1 Å². The molecule has 0 saturated carbocycles. The van der Waals surface area contributed by atoms with Crippen molar-refractivity contribution in [2.24, 2.45) is 0 Å². The lowest BCUT2D eigenvalue weighted by Crippen LogP contribution is -2.56. The third kappa shape index (κ3) is 3.56. The fourth-order valence-corrected chi connectivity index (χ4v) is 5.69. The molecular weight excluding hydrogens is 438 g/mol. The second-order valence-corrected chi connectivity index (χ2v) is 9.42. The molecule has 0 unspecified atom stereocenters. The first-order chi connectivity index (χ1) is 15.0. The van der Waals surface area contributed by atoms with E-state index in [1.165, 1.54) is 15.0 Å². The molecule has 4 N–H and O–H groups in total. The topological polar surface area (TPSA) is 95.1 Å².